The largest absolute Gasteiger partial charge is 0.384 e. The number of hydrogen-bond donors (Lipinski definition) is 2. The van der Waals surface area contributed by atoms with E-state index >= 15 is 0 Å². The van der Waals surface area contributed by atoms with Crippen molar-refractivity contribution in [3.63, 3.8) is 0 Å². The van der Waals surface area contributed by atoms with E-state index in [1.54, 1.807) is 7.11 Å². The summed E-state index contributed by atoms with van der Waals surface area (Å²) in [4.78, 5) is 25.5. The number of amides is 1. The van der Waals surface area contributed by atoms with Crippen molar-refractivity contribution in [2.24, 2.45) is 5.92 Å². The number of ether oxygens (including phenoxy) is 1. The quantitative estimate of drug-likeness (QED) is 0.575. The molecule has 1 unspecified atom stereocenters. The van der Waals surface area contributed by atoms with Crippen LogP contribution in [0.4, 0.5) is 11.5 Å². The number of methoxy groups -OCH3 is 1. The van der Waals surface area contributed by atoms with Crippen molar-refractivity contribution >= 4 is 17.4 Å². The third-order valence-electron chi connectivity index (χ3n) is 2.42. The molecule has 0 fully saturated rings. The van der Waals surface area contributed by atoms with E-state index in [4.69, 9.17) is 10.5 Å². The van der Waals surface area contributed by atoms with Gasteiger partial charge in [-0.25, -0.2) is 4.98 Å². The molecule has 0 spiro atoms. The van der Waals surface area contributed by atoms with Crippen LogP contribution < -0.4 is 11.1 Å². The number of nitrogen functional groups attached to an aromatic ring is 1. The standard InChI is InChI=1S/C11H16N4O4/c1-7(6-19-2)4-14-11(16)9-3-8(15(17)18)5-13-10(9)12/h3,5,7H,4,6H2,1-2H3,(H2,12,13)(H,14,16). The highest BCUT2D eigenvalue weighted by Gasteiger charge is 2.16. The number of aromatic nitrogens is 1. The summed E-state index contributed by atoms with van der Waals surface area (Å²) < 4.78 is 4.94. The van der Waals surface area contributed by atoms with E-state index in [-0.39, 0.29) is 23.0 Å². The van der Waals surface area contributed by atoms with Crippen LogP contribution in [-0.4, -0.2) is 36.1 Å². The molecule has 8 heteroatoms. The van der Waals surface area contributed by atoms with Gasteiger partial charge in [0.2, 0.25) is 0 Å². The highest BCUT2D eigenvalue weighted by atomic mass is 16.6. The Kier molecular flexibility index (Phi) is 5.19. The van der Waals surface area contributed by atoms with Crippen LogP contribution in [0.5, 0.6) is 0 Å². The van der Waals surface area contributed by atoms with Crippen molar-refractivity contribution in [3.8, 4) is 0 Å². The first-order valence-corrected chi connectivity index (χ1v) is 5.62. The summed E-state index contributed by atoms with van der Waals surface area (Å²) >= 11 is 0. The van der Waals surface area contributed by atoms with Crippen LogP contribution in [-0.2, 0) is 4.74 Å². The monoisotopic (exact) mass is 268 g/mol. The average Bonchev–Trinajstić information content (AvgIpc) is 2.36. The molecule has 1 rings (SSSR count). The Morgan fingerprint density at radius 2 is 2.37 bits per heavy atom. The molecule has 0 aliphatic rings. The Morgan fingerprint density at radius 3 is 2.95 bits per heavy atom. The van der Waals surface area contributed by atoms with Crippen molar-refractivity contribution in [1.29, 1.82) is 0 Å². The summed E-state index contributed by atoms with van der Waals surface area (Å²) in [5, 5.41) is 13.2. The maximum Gasteiger partial charge on any atom is 0.288 e. The number of rotatable bonds is 6. The number of hydrogen-bond acceptors (Lipinski definition) is 6. The Labute approximate surface area is 110 Å². The fraction of sp³-hybridized carbons (Fsp3) is 0.455. The zero-order valence-electron chi connectivity index (χ0n) is 10.8. The van der Waals surface area contributed by atoms with E-state index in [1.807, 2.05) is 6.92 Å². The van der Waals surface area contributed by atoms with E-state index in [2.05, 4.69) is 10.3 Å². The molecule has 1 aromatic heterocycles. The lowest BCUT2D eigenvalue weighted by Gasteiger charge is -2.12. The van der Waals surface area contributed by atoms with Gasteiger partial charge in [0, 0.05) is 19.7 Å². The molecule has 104 valence electrons. The summed E-state index contributed by atoms with van der Waals surface area (Å²) in [6.07, 6.45) is 1.01. The molecule has 0 aliphatic carbocycles. The van der Waals surface area contributed by atoms with Gasteiger partial charge in [-0.05, 0) is 5.92 Å². The third-order valence-corrected chi connectivity index (χ3v) is 2.42. The van der Waals surface area contributed by atoms with Crippen LogP contribution in [0.2, 0.25) is 0 Å². The molecule has 1 heterocycles. The van der Waals surface area contributed by atoms with E-state index in [0.717, 1.165) is 12.3 Å². The highest BCUT2D eigenvalue weighted by molar-refractivity contribution is 5.98. The van der Waals surface area contributed by atoms with Gasteiger partial charge in [-0.2, -0.15) is 0 Å². The third kappa shape index (κ3) is 4.18. The van der Waals surface area contributed by atoms with Gasteiger partial charge in [0.1, 0.15) is 12.0 Å². The van der Waals surface area contributed by atoms with Crippen molar-refractivity contribution in [1.82, 2.24) is 10.3 Å². The molecule has 0 saturated heterocycles. The van der Waals surface area contributed by atoms with Crippen LogP contribution >= 0.6 is 0 Å². The molecule has 3 N–H and O–H groups in total. The number of pyridine rings is 1. The Morgan fingerprint density at radius 1 is 1.68 bits per heavy atom. The molecule has 1 amide bonds. The van der Waals surface area contributed by atoms with E-state index in [1.165, 1.54) is 0 Å². The van der Waals surface area contributed by atoms with Crippen LogP contribution in [0.15, 0.2) is 12.3 Å². The second kappa shape index (κ2) is 6.64. The average molecular weight is 268 g/mol. The topological polar surface area (TPSA) is 120 Å². The zero-order chi connectivity index (χ0) is 14.4. The predicted molar refractivity (Wildman–Crippen MR) is 68.7 cm³/mol. The molecule has 19 heavy (non-hydrogen) atoms. The van der Waals surface area contributed by atoms with Crippen molar-refractivity contribution in [2.45, 2.75) is 6.92 Å². The first-order valence-electron chi connectivity index (χ1n) is 5.62. The zero-order valence-corrected chi connectivity index (χ0v) is 10.8. The second-order valence-corrected chi connectivity index (χ2v) is 4.15. The molecule has 1 atom stereocenters. The number of nitro groups is 1. The lowest BCUT2D eigenvalue weighted by Crippen LogP contribution is -2.30. The first kappa shape index (κ1) is 14.8. The summed E-state index contributed by atoms with van der Waals surface area (Å²) in [7, 11) is 1.57. The minimum absolute atomic E-state index is 0.00110. The van der Waals surface area contributed by atoms with Gasteiger partial charge < -0.3 is 15.8 Å². The second-order valence-electron chi connectivity index (χ2n) is 4.15. The molecular weight excluding hydrogens is 252 g/mol. The highest BCUT2D eigenvalue weighted by Crippen LogP contribution is 2.16. The Hall–Kier alpha value is -2.22. The van der Waals surface area contributed by atoms with Gasteiger partial charge in [0.25, 0.3) is 11.6 Å². The molecule has 0 radical (unpaired) electrons. The summed E-state index contributed by atoms with van der Waals surface area (Å²) in [5.74, 6) is -0.402. The number of carbonyl (C=O) groups excluding carboxylic acids is 1. The minimum Gasteiger partial charge on any atom is -0.384 e. The maximum atomic E-state index is 11.9. The fourth-order valence-corrected chi connectivity index (χ4v) is 1.45. The van der Waals surface area contributed by atoms with E-state index < -0.39 is 10.8 Å². The maximum absolute atomic E-state index is 11.9. The summed E-state index contributed by atoms with van der Waals surface area (Å²) in [6, 6.07) is 1.11. The van der Waals surface area contributed by atoms with Crippen LogP contribution in [0, 0.1) is 16.0 Å². The molecule has 0 saturated carbocycles. The lowest BCUT2D eigenvalue weighted by atomic mass is 10.2. The summed E-state index contributed by atoms with van der Waals surface area (Å²) in [6.45, 7) is 2.79. The van der Waals surface area contributed by atoms with Crippen LogP contribution in [0.3, 0.4) is 0 Å². The number of anilines is 1. The molecule has 0 aliphatic heterocycles. The Bertz CT molecular complexity index is 478. The predicted octanol–water partition coefficient (Wildman–Crippen LogP) is 0.584. The molecule has 8 nitrogen and oxygen atoms in total. The minimum atomic E-state index is -0.628. The number of nitrogens with zero attached hydrogens (tertiary/aromatic N) is 2. The number of nitrogens with two attached hydrogens (primary N) is 1. The first-order chi connectivity index (χ1) is 8.95. The molecular formula is C11H16N4O4. The normalized spacial score (nSPS) is 11.9. The fourth-order valence-electron chi connectivity index (χ4n) is 1.45. The van der Waals surface area contributed by atoms with Crippen LogP contribution in [0.25, 0.3) is 0 Å². The molecule has 0 aromatic carbocycles. The van der Waals surface area contributed by atoms with Crippen LogP contribution in [0.1, 0.15) is 17.3 Å². The van der Waals surface area contributed by atoms with E-state index in [0.29, 0.717) is 13.2 Å². The van der Waals surface area contributed by atoms with Gasteiger partial charge in [0.05, 0.1) is 17.1 Å². The van der Waals surface area contributed by atoms with Crippen molar-refractivity contribution < 1.29 is 14.5 Å². The van der Waals surface area contributed by atoms with E-state index in [9.17, 15) is 14.9 Å². The van der Waals surface area contributed by atoms with Gasteiger partial charge in [0.15, 0.2) is 0 Å². The SMILES string of the molecule is COCC(C)CNC(=O)c1cc([N+](=O)[O-])cnc1N. The van der Waals surface area contributed by atoms with Gasteiger partial charge in [-0.1, -0.05) is 6.92 Å². The lowest BCUT2D eigenvalue weighted by molar-refractivity contribution is -0.385. The van der Waals surface area contributed by atoms with Gasteiger partial charge >= 0.3 is 0 Å². The smallest absolute Gasteiger partial charge is 0.288 e. The van der Waals surface area contributed by atoms with Crippen molar-refractivity contribution in [2.75, 3.05) is 26.0 Å². The van der Waals surface area contributed by atoms with Gasteiger partial charge in [-0.15, -0.1) is 0 Å². The number of carbonyl (C=O) groups is 1. The van der Waals surface area contributed by atoms with Crippen molar-refractivity contribution in [3.05, 3.63) is 27.9 Å². The summed E-state index contributed by atoms with van der Waals surface area (Å²) in [5.41, 5.74) is 5.26. The number of nitrogens with one attached hydrogen (secondary N) is 1. The molecule has 1 aromatic rings. The van der Waals surface area contributed by atoms with Gasteiger partial charge in [-0.3, -0.25) is 14.9 Å². The Balaban J connectivity index is 2.76. The molecule has 0 bridgehead atoms.